The standard InChI is InChI=1S/C14H17N3O3S/c1-9-8-21-14-15-11(4-12(18)17(9)14)6-16(7-13(19)20)5-10-2-3-10/h4,8,10H,2-3,5-7H2,1H3,(H,19,20). The number of carboxylic acid groups (broad SMARTS) is 1. The summed E-state index contributed by atoms with van der Waals surface area (Å²) in [5.41, 5.74) is 1.42. The molecule has 0 spiro atoms. The number of aliphatic carboxylic acids is 1. The molecule has 0 saturated heterocycles. The first-order chi connectivity index (χ1) is 10.0. The zero-order valence-electron chi connectivity index (χ0n) is 11.8. The minimum Gasteiger partial charge on any atom is -0.480 e. The monoisotopic (exact) mass is 307 g/mol. The molecule has 2 aromatic rings. The van der Waals surface area contributed by atoms with Crippen LogP contribution in [-0.2, 0) is 11.3 Å². The third-order valence-electron chi connectivity index (χ3n) is 3.59. The summed E-state index contributed by atoms with van der Waals surface area (Å²) in [5.74, 6) is -0.251. The second-order valence-electron chi connectivity index (χ2n) is 5.59. The fraction of sp³-hybridized carbons (Fsp3) is 0.500. The van der Waals surface area contributed by atoms with E-state index in [2.05, 4.69) is 4.98 Å². The Morgan fingerprint density at radius 2 is 2.33 bits per heavy atom. The van der Waals surface area contributed by atoms with Crippen molar-refractivity contribution in [2.45, 2.75) is 26.3 Å². The molecule has 1 N–H and O–H groups in total. The van der Waals surface area contributed by atoms with Crippen LogP contribution in [0.5, 0.6) is 0 Å². The quantitative estimate of drug-likeness (QED) is 0.872. The molecule has 6 nitrogen and oxygen atoms in total. The predicted molar refractivity (Wildman–Crippen MR) is 79.7 cm³/mol. The lowest BCUT2D eigenvalue weighted by Crippen LogP contribution is -2.32. The topological polar surface area (TPSA) is 74.9 Å². The lowest BCUT2D eigenvalue weighted by molar-refractivity contribution is -0.138. The summed E-state index contributed by atoms with van der Waals surface area (Å²) in [6, 6.07) is 1.51. The molecule has 0 aromatic carbocycles. The lowest BCUT2D eigenvalue weighted by atomic mass is 10.3. The van der Waals surface area contributed by atoms with E-state index in [1.807, 2.05) is 17.2 Å². The molecule has 1 fully saturated rings. The van der Waals surface area contributed by atoms with Gasteiger partial charge in [0.1, 0.15) is 0 Å². The molecule has 3 rings (SSSR count). The molecule has 1 saturated carbocycles. The zero-order chi connectivity index (χ0) is 15.0. The Kier molecular flexibility index (Phi) is 3.77. The van der Waals surface area contributed by atoms with E-state index >= 15 is 0 Å². The zero-order valence-corrected chi connectivity index (χ0v) is 12.6. The number of aryl methyl sites for hydroxylation is 1. The summed E-state index contributed by atoms with van der Waals surface area (Å²) in [6.07, 6.45) is 2.32. The molecule has 0 unspecified atom stereocenters. The van der Waals surface area contributed by atoms with Crippen LogP contribution in [-0.4, -0.2) is 38.4 Å². The van der Waals surface area contributed by atoms with Crippen molar-refractivity contribution in [1.82, 2.24) is 14.3 Å². The Morgan fingerprint density at radius 1 is 1.57 bits per heavy atom. The molecule has 0 aliphatic heterocycles. The van der Waals surface area contributed by atoms with Gasteiger partial charge in [0.05, 0.1) is 12.2 Å². The molecular weight excluding hydrogens is 290 g/mol. The molecule has 0 bridgehead atoms. The van der Waals surface area contributed by atoms with Gasteiger partial charge < -0.3 is 5.11 Å². The minimum absolute atomic E-state index is 0.0129. The summed E-state index contributed by atoms with van der Waals surface area (Å²) in [7, 11) is 0. The Labute approximate surface area is 125 Å². The highest BCUT2D eigenvalue weighted by Crippen LogP contribution is 2.30. The Balaban J connectivity index is 1.84. The third kappa shape index (κ3) is 3.30. The molecule has 0 amide bonds. The number of nitrogens with zero attached hydrogens (tertiary/aromatic N) is 3. The highest BCUT2D eigenvalue weighted by molar-refractivity contribution is 7.15. The summed E-state index contributed by atoms with van der Waals surface area (Å²) in [5, 5.41) is 10.9. The van der Waals surface area contributed by atoms with E-state index in [1.165, 1.54) is 17.4 Å². The van der Waals surface area contributed by atoms with E-state index < -0.39 is 5.97 Å². The van der Waals surface area contributed by atoms with Crippen LogP contribution in [0, 0.1) is 12.8 Å². The van der Waals surface area contributed by atoms with Crippen molar-refractivity contribution in [2.24, 2.45) is 5.92 Å². The van der Waals surface area contributed by atoms with Crippen LogP contribution in [0.25, 0.3) is 4.96 Å². The number of fused-ring (bicyclic) bond motifs is 1. The van der Waals surface area contributed by atoms with Crippen LogP contribution in [0.1, 0.15) is 24.2 Å². The van der Waals surface area contributed by atoms with Gasteiger partial charge >= 0.3 is 5.97 Å². The van der Waals surface area contributed by atoms with Gasteiger partial charge in [-0.2, -0.15) is 0 Å². The van der Waals surface area contributed by atoms with Crippen LogP contribution in [0.2, 0.25) is 0 Å². The van der Waals surface area contributed by atoms with Crippen LogP contribution in [0.15, 0.2) is 16.2 Å². The molecule has 0 atom stereocenters. The fourth-order valence-electron chi connectivity index (χ4n) is 2.45. The molecule has 2 aromatic heterocycles. The van der Waals surface area contributed by atoms with Crippen molar-refractivity contribution in [3.63, 3.8) is 0 Å². The smallest absolute Gasteiger partial charge is 0.317 e. The maximum atomic E-state index is 12.1. The molecule has 1 aliphatic carbocycles. The van der Waals surface area contributed by atoms with E-state index in [0.717, 1.165) is 25.1 Å². The van der Waals surface area contributed by atoms with Gasteiger partial charge in [0.2, 0.25) is 0 Å². The Hall–Kier alpha value is -1.73. The van der Waals surface area contributed by atoms with Gasteiger partial charge in [-0.15, -0.1) is 11.3 Å². The van der Waals surface area contributed by atoms with E-state index in [9.17, 15) is 9.59 Å². The first-order valence-corrected chi connectivity index (χ1v) is 7.82. The first-order valence-electron chi connectivity index (χ1n) is 6.94. The minimum atomic E-state index is -0.847. The second-order valence-corrected chi connectivity index (χ2v) is 6.42. The van der Waals surface area contributed by atoms with E-state index in [1.54, 1.807) is 4.40 Å². The lowest BCUT2D eigenvalue weighted by Gasteiger charge is -2.19. The maximum Gasteiger partial charge on any atom is 0.317 e. The summed E-state index contributed by atoms with van der Waals surface area (Å²) < 4.78 is 1.58. The van der Waals surface area contributed by atoms with E-state index in [4.69, 9.17) is 5.11 Å². The van der Waals surface area contributed by atoms with Crippen molar-refractivity contribution in [1.29, 1.82) is 0 Å². The number of aromatic nitrogens is 2. The summed E-state index contributed by atoms with van der Waals surface area (Å²) >= 11 is 1.43. The first kappa shape index (κ1) is 14.2. The van der Waals surface area contributed by atoms with Crippen LogP contribution in [0.4, 0.5) is 0 Å². The summed E-state index contributed by atoms with van der Waals surface area (Å²) in [6.45, 7) is 3.03. The van der Waals surface area contributed by atoms with Gasteiger partial charge in [-0.05, 0) is 25.7 Å². The van der Waals surface area contributed by atoms with Crippen LogP contribution >= 0.6 is 11.3 Å². The predicted octanol–water partition coefficient (Wildman–Crippen LogP) is 1.36. The normalized spacial score (nSPS) is 15.0. The number of hydrogen-bond acceptors (Lipinski definition) is 5. The maximum absolute atomic E-state index is 12.1. The largest absolute Gasteiger partial charge is 0.480 e. The average Bonchev–Trinajstić information content (AvgIpc) is 3.11. The molecule has 112 valence electrons. The molecule has 21 heavy (non-hydrogen) atoms. The number of thiazole rings is 1. The van der Waals surface area contributed by atoms with Gasteiger partial charge in [0, 0.05) is 30.2 Å². The Morgan fingerprint density at radius 3 is 3.00 bits per heavy atom. The van der Waals surface area contributed by atoms with Gasteiger partial charge in [0.15, 0.2) is 4.96 Å². The number of carbonyl (C=O) groups is 1. The number of rotatable bonds is 6. The van der Waals surface area contributed by atoms with Crippen molar-refractivity contribution in [3.05, 3.63) is 33.2 Å². The fourth-order valence-corrected chi connectivity index (χ4v) is 3.34. The van der Waals surface area contributed by atoms with Crippen LogP contribution < -0.4 is 5.56 Å². The highest BCUT2D eigenvalue weighted by atomic mass is 32.1. The SMILES string of the molecule is Cc1csc2nc(CN(CC(=O)O)CC3CC3)cc(=O)n12. The van der Waals surface area contributed by atoms with Gasteiger partial charge in [-0.1, -0.05) is 0 Å². The molecule has 0 radical (unpaired) electrons. The highest BCUT2D eigenvalue weighted by Gasteiger charge is 2.25. The van der Waals surface area contributed by atoms with Crippen LogP contribution in [0.3, 0.4) is 0 Å². The van der Waals surface area contributed by atoms with Gasteiger partial charge in [0.25, 0.3) is 5.56 Å². The summed E-state index contributed by atoms with van der Waals surface area (Å²) in [4.78, 5) is 30.1. The van der Waals surface area contributed by atoms with Gasteiger partial charge in [-0.25, -0.2) is 4.98 Å². The second kappa shape index (κ2) is 5.57. The van der Waals surface area contributed by atoms with Crippen molar-refractivity contribution < 1.29 is 9.90 Å². The number of hydrogen-bond donors (Lipinski definition) is 1. The van der Waals surface area contributed by atoms with Crippen molar-refractivity contribution in [3.8, 4) is 0 Å². The molecular formula is C14H17N3O3S. The van der Waals surface area contributed by atoms with Crippen molar-refractivity contribution >= 4 is 22.3 Å². The van der Waals surface area contributed by atoms with E-state index in [0.29, 0.717) is 23.1 Å². The molecule has 1 aliphatic rings. The van der Waals surface area contributed by atoms with Gasteiger partial charge in [-0.3, -0.25) is 18.9 Å². The third-order valence-corrected chi connectivity index (χ3v) is 4.53. The average molecular weight is 307 g/mol. The van der Waals surface area contributed by atoms with Crippen molar-refractivity contribution in [2.75, 3.05) is 13.1 Å². The Bertz CT molecular complexity index is 733. The van der Waals surface area contributed by atoms with E-state index in [-0.39, 0.29) is 12.1 Å². The molecule has 7 heteroatoms. The number of carboxylic acids is 1. The molecule has 2 heterocycles.